The molecule has 24 heavy (non-hydrogen) atoms. The molecule has 0 aliphatic carbocycles. The van der Waals surface area contributed by atoms with Crippen LogP contribution in [0.25, 0.3) is 0 Å². The molecule has 0 aliphatic heterocycles. The molecule has 1 heteroatoms. The predicted molar refractivity (Wildman–Crippen MR) is 108 cm³/mol. The summed E-state index contributed by atoms with van der Waals surface area (Å²) >= 11 is 0. The van der Waals surface area contributed by atoms with Crippen LogP contribution < -0.4 is 0 Å². The Bertz CT molecular complexity index is 492. The zero-order chi connectivity index (χ0) is 18.5. The van der Waals surface area contributed by atoms with Gasteiger partial charge in [-0.15, -0.1) is 0 Å². The van der Waals surface area contributed by atoms with E-state index in [9.17, 15) is 4.79 Å². The number of carbonyl (C=O) groups excluding carboxylic acids is 1. The van der Waals surface area contributed by atoms with Gasteiger partial charge in [-0.25, -0.2) is 0 Å². The molecule has 1 nitrogen and oxygen atoms in total. The minimum Gasteiger partial charge on any atom is -0.300 e. The van der Waals surface area contributed by atoms with E-state index in [1.165, 1.54) is 22.3 Å². The van der Waals surface area contributed by atoms with Crippen molar-refractivity contribution in [3.8, 4) is 0 Å². The van der Waals surface area contributed by atoms with Crippen molar-refractivity contribution in [3.63, 3.8) is 0 Å². The molecule has 0 fully saturated rings. The third kappa shape index (κ3) is 14.2. The minimum absolute atomic E-state index is 0.281. The third-order valence-electron chi connectivity index (χ3n) is 4.02. The minimum atomic E-state index is 0.281. The van der Waals surface area contributed by atoms with Gasteiger partial charge < -0.3 is 4.79 Å². The summed E-state index contributed by atoms with van der Waals surface area (Å²) in [7, 11) is 0. The highest BCUT2D eigenvalue weighted by Gasteiger charge is 2.08. The Morgan fingerprint density at radius 1 is 0.750 bits per heavy atom. The van der Waals surface area contributed by atoms with Gasteiger partial charge in [-0.3, -0.25) is 0 Å². The summed E-state index contributed by atoms with van der Waals surface area (Å²) in [5.74, 6) is 0.622. The Balaban J connectivity index is 4.67. The zero-order valence-electron chi connectivity index (χ0n) is 17.0. The first-order valence-corrected chi connectivity index (χ1v) is 9.29. The largest absolute Gasteiger partial charge is 0.300 e. The zero-order valence-corrected chi connectivity index (χ0v) is 17.0. The van der Waals surface area contributed by atoms with Crippen molar-refractivity contribution in [1.29, 1.82) is 0 Å². The van der Waals surface area contributed by atoms with Gasteiger partial charge in [-0.2, -0.15) is 0 Å². The molecule has 0 aromatic carbocycles. The maximum atomic E-state index is 11.6. The quantitative estimate of drug-likeness (QED) is 0.362. The van der Waals surface area contributed by atoms with Crippen LogP contribution in [-0.4, -0.2) is 5.78 Å². The summed E-state index contributed by atoms with van der Waals surface area (Å²) < 4.78 is 0. The van der Waals surface area contributed by atoms with Crippen molar-refractivity contribution in [2.45, 2.75) is 87.0 Å². The second-order valence-corrected chi connectivity index (χ2v) is 7.61. The predicted octanol–water partition coefficient (Wildman–Crippen LogP) is 7.36. The summed E-state index contributed by atoms with van der Waals surface area (Å²) in [6, 6.07) is 0. The van der Waals surface area contributed by atoms with Crippen LogP contribution in [0.1, 0.15) is 87.0 Å². The third-order valence-corrected chi connectivity index (χ3v) is 4.02. The lowest BCUT2D eigenvalue weighted by Crippen LogP contribution is -2.03. The first-order valence-electron chi connectivity index (χ1n) is 9.29. The second-order valence-electron chi connectivity index (χ2n) is 7.61. The molecule has 1 atom stereocenters. The van der Waals surface area contributed by atoms with Gasteiger partial charge in [0.15, 0.2) is 0 Å². The summed E-state index contributed by atoms with van der Waals surface area (Å²) in [6.45, 7) is 14.7. The molecule has 0 aliphatic rings. The van der Waals surface area contributed by atoms with E-state index in [0.29, 0.717) is 12.3 Å². The van der Waals surface area contributed by atoms with E-state index < -0.39 is 0 Å². The number of hydrogen-bond acceptors (Lipinski definition) is 1. The van der Waals surface area contributed by atoms with Crippen molar-refractivity contribution in [2.24, 2.45) is 5.92 Å². The van der Waals surface area contributed by atoms with Crippen molar-refractivity contribution < 1.29 is 4.79 Å². The molecule has 0 radical (unpaired) electrons. The molecular weight excluding hydrogens is 292 g/mol. The van der Waals surface area contributed by atoms with Crippen molar-refractivity contribution >= 4 is 5.78 Å². The van der Waals surface area contributed by atoms with Crippen molar-refractivity contribution in [3.05, 3.63) is 46.6 Å². The first kappa shape index (κ1) is 22.6. The number of ketones is 1. The van der Waals surface area contributed by atoms with E-state index in [1.807, 2.05) is 0 Å². The Labute approximate surface area is 150 Å². The molecule has 0 bridgehead atoms. The molecule has 0 spiro atoms. The van der Waals surface area contributed by atoms with E-state index in [0.717, 1.165) is 32.1 Å². The van der Waals surface area contributed by atoms with E-state index in [1.54, 1.807) is 6.92 Å². The van der Waals surface area contributed by atoms with Gasteiger partial charge in [-0.05, 0) is 86.5 Å². The van der Waals surface area contributed by atoms with Crippen LogP contribution >= 0.6 is 0 Å². The summed E-state index contributed by atoms with van der Waals surface area (Å²) in [4.78, 5) is 11.6. The van der Waals surface area contributed by atoms with Gasteiger partial charge in [0, 0.05) is 6.42 Å². The maximum Gasteiger partial charge on any atom is 0.130 e. The Morgan fingerprint density at radius 2 is 1.25 bits per heavy atom. The first-order chi connectivity index (χ1) is 11.2. The summed E-state index contributed by atoms with van der Waals surface area (Å²) in [5.41, 5.74) is 5.58. The fourth-order valence-corrected chi connectivity index (χ4v) is 2.70. The lowest BCUT2D eigenvalue weighted by Gasteiger charge is -2.11. The number of rotatable bonds is 11. The highest BCUT2D eigenvalue weighted by atomic mass is 16.1. The van der Waals surface area contributed by atoms with E-state index in [-0.39, 0.29) is 5.78 Å². The molecule has 1 unspecified atom stereocenters. The standard InChI is InChI=1S/C23H38O/c1-18(2)10-8-12-20(5)14-15-23(17-22(7)24)16-21(6)13-9-11-19(3)4/h10-11,14,16,23H,8-9,12-13,15,17H2,1-7H3/b20-14-,21-16-. The molecule has 0 heterocycles. The molecule has 0 aromatic rings. The van der Waals surface area contributed by atoms with E-state index in [4.69, 9.17) is 0 Å². The Morgan fingerprint density at radius 3 is 1.71 bits per heavy atom. The van der Waals surface area contributed by atoms with Crippen LogP contribution in [0.15, 0.2) is 46.6 Å². The average Bonchev–Trinajstić information content (AvgIpc) is 2.43. The maximum absolute atomic E-state index is 11.6. The van der Waals surface area contributed by atoms with Gasteiger partial charge in [0.25, 0.3) is 0 Å². The molecule has 0 N–H and O–H groups in total. The fourth-order valence-electron chi connectivity index (χ4n) is 2.70. The number of Topliss-reactive ketones (excluding diaryl/α,β-unsaturated/α-hetero) is 1. The smallest absolute Gasteiger partial charge is 0.130 e. The van der Waals surface area contributed by atoms with Crippen molar-refractivity contribution in [1.82, 2.24) is 0 Å². The van der Waals surface area contributed by atoms with Gasteiger partial charge in [0.05, 0.1) is 0 Å². The van der Waals surface area contributed by atoms with Crippen LogP contribution in [0, 0.1) is 5.92 Å². The van der Waals surface area contributed by atoms with Gasteiger partial charge in [0.1, 0.15) is 5.78 Å². The van der Waals surface area contributed by atoms with Crippen LogP contribution in [0.4, 0.5) is 0 Å². The molecule has 0 saturated carbocycles. The SMILES string of the molecule is CC(=O)CC(/C=C(/C)CCC=C(C)C)C/C=C(/C)CCC=C(C)C. The highest BCUT2D eigenvalue weighted by Crippen LogP contribution is 2.19. The van der Waals surface area contributed by atoms with Crippen LogP contribution in [-0.2, 0) is 4.79 Å². The fraction of sp³-hybridized carbons (Fsp3) is 0.609. The highest BCUT2D eigenvalue weighted by molar-refractivity contribution is 5.76. The molecule has 0 aromatic heterocycles. The second kappa shape index (κ2) is 13.0. The summed E-state index contributed by atoms with van der Waals surface area (Å²) in [5, 5.41) is 0. The normalized spacial score (nSPS) is 13.5. The molecule has 136 valence electrons. The van der Waals surface area contributed by atoms with Crippen molar-refractivity contribution in [2.75, 3.05) is 0 Å². The Hall–Kier alpha value is -1.37. The topological polar surface area (TPSA) is 17.1 Å². The van der Waals surface area contributed by atoms with Crippen LogP contribution in [0.2, 0.25) is 0 Å². The lowest BCUT2D eigenvalue weighted by molar-refractivity contribution is -0.117. The molecular formula is C23H38O. The number of hydrogen-bond donors (Lipinski definition) is 0. The van der Waals surface area contributed by atoms with E-state index in [2.05, 4.69) is 65.8 Å². The van der Waals surface area contributed by atoms with Crippen LogP contribution in [0.5, 0.6) is 0 Å². The van der Waals surface area contributed by atoms with Gasteiger partial charge in [-0.1, -0.05) is 46.6 Å². The lowest BCUT2D eigenvalue weighted by atomic mass is 9.94. The molecule has 0 saturated heterocycles. The monoisotopic (exact) mass is 330 g/mol. The van der Waals surface area contributed by atoms with Gasteiger partial charge >= 0.3 is 0 Å². The van der Waals surface area contributed by atoms with Gasteiger partial charge in [0.2, 0.25) is 0 Å². The van der Waals surface area contributed by atoms with E-state index >= 15 is 0 Å². The number of allylic oxidation sites excluding steroid dienone is 8. The molecule has 0 rings (SSSR count). The molecule has 0 amide bonds. The summed E-state index contributed by atoms with van der Waals surface area (Å²) in [6.07, 6.45) is 15.2. The Kier molecular flexibility index (Phi) is 12.2. The number of carbonyl (C=O) groups is 1. The van der Waals surface area contributed by atoms with Crippen LogP contribution in [0.3, 0.4) is 0 Å². The average molecular weight is 331 g/mol.